The molecule has 0 heterocycles. The highest BCUT2D eigenvalue weighted by Gasteiger charge is 2.42. The predicted octanol–water partition coefficient (Wildman–Crippen LogP) is 4.20. The van der Waals surface area contributed by atoms with Crippen LogP contribution in [-0.4, -0.2) is 37.1 Å². The Morgan fingerprint density at radius 2 is 1.59 bits per heavy atom. The molecular formula is C25H28O3Si. The van der Waals surface area contributed by atoms with Gasteiger partial charge < -0.3 is 14.9 Å². The quantitative estimate of drug-likeness (QED) is 0.446. The van der Waals surface area contributed by atoms with Gasteiger partial charge in [0.25, 0.3) is 0 Å². The normalized spacial score (nSPS) is 21.9. The van der Waals surface area contributed by atoms with Crippen molar-refractivity contribution < 1.29 is 14.9 Å². The van der Waals surface area contributed by atoms with E-state index in [1.165, 1.54) is 0 Å². The molecule has 1 aliphatic carbocycles. The molecule has 3 rings (SSSR count). The fourth-order valence-corrected chi connectivity index (χ4v) is 4.89. The zero-order valence-electron chi connectivity index (χ0n) is 17.2. The van der Waals surface area contributed by atoms with Gasteiger partial charge in [0.2, 0.25) is 0 Å². The van der Waals surface area contributed by atoms with E-state index in [9.17, 15) is 10.2 Å². The first-order chi connectivity index (χ1) is 13.9. The van der Waals surface area contributed by atoms with Gasteiger partial charge in [0.1, 0.15) is 18.8 Å². The molecule has 2 atom stereocenters. The first kappa shape index (κ1) is 21.3. The lowest BCUT2D eigenvalue weighted by atomic mass is 9.78. The van der Waals surface area contributed by atoms with E-state index in [1.807, 2.05) is 66.7 Å². The van der Waals surface area contributed by atoms with Crippen LogP contribution in [0.2, 0.25) is 19.6 Å². The minimum absolute atomic E-state index is 0.326. The Balaban J connectivity index is 1.82. The average molecular weight is 405 g/mol. The maximum Gasteiger partial charge on any atom is 0.110 e. The topological polar surface area (TPSA) is 49.7 Å². The highest BCUT2D eigenvalue weighted by molar-refractivity contribution is 6.84. The van der Waals surface area contributed by atoms with Gasteiger partial charge in [-0.25, -0.2) is 0 Å². The zero-order valence-corrected chi connectivity index (χ0v) is 18.2. The van der Waals surface area contributed by atoms with E-state index in [2.05, 4.69) is 31.5 Å². The summed E-state index contributed by atoms with van der Waals surface area (Å²) < 4.78 is 5.68. The second-order valence-corrected chi connectivity index (χ2v) is 13.2. The van der Waals surface area contributed by atoms with Crippen LogP contribution >= 0.6 is 0 Å². The van der Waals surface area contributed by atoms with Gasteiger partial charge in [0, 0.05) is 0 Å². The maximum absolute atomic E-state index is 10.5. The lowest BCUT2D eigenvalue weighted by Crippen LogP contribution is -2.45. The molecule has 29 heavy (non-hydrogen) atoms. The summed E-state index contributed by atoms with van der Waals surface area (Å²) in [5.74, 6) is 6.38. The van der Waals surface area contributed by atoms with Gasteiger partial charge in [0.05, 0.1) is 14.7 Å². The minimum atomic E-state index is -1.84. The second-order valence-electron chi connectivity index (χ2n) is 8.22. The zero-order chi connectivity index (χ0) is 20.9. The molecule has 0 bridgehead atoms. The monoisotopic (exact) mass is 404 g/mol. The van der Waals surface area contributed by atoms with Crippen molar-refractivity contribution in [2.24, 2.45) is 0 Å². The lowest BCUT2D eigenvalue weighted by Gasteiger charge is -2.39. The average Bonchev–Trinajstić information content (AvgIpc) is 2.72. The molecule has 0 aromatic heterocycles. The van der Waals surface area contributed by atoms with Crippen LogP contribution < -0.4 is 0 Å². The molecule has 0 unspecified atom stereocenters. The van der Waals surface area contributed by atoms with Crippen LogP contribution in [0.3, 0.4) is 0 Å². The van der Waals surface area contributed by atoms with Crippen molar-refractivity contribution in [2.45, 2.75) is 38.5 Å². The summed E-state index contributed by atoms with van der Waals surface area (Å²) in [6.07, 6.45) is 0.194. The number of hydrogen-bond acceptors (Lipinski definition) is 3. The predicted molar refractivity (Wildman–Crippen MR) is 121 cm³/mol. The highest BCUT2D eigenvalue weighted by Crippen LogP contribution is 2.40. The Morgan fingerprint density at radius 3 is 2.21 bits per heavy atom. The summed E-state index contributed by atoms with van der Waals surface area (Å²) in [5, 5.41) is 21.8. The van der Waals surface area contributed by atoms with Gasteiger partial charge in [0.15, 0.2) is 0 Å². The Bertz CT molecular complexity index is 944. The van der Waals surface area contributed by atoms with Crippen LogP contribution in [0.5, 0.6) is 0 Å². The summed E-state index contributed by atoms with van der Waals surface area (Å²) in [6.45, 7) is 7.45. The van der Waals surface area contributed by atoms with Gasteiger partial charge in [-0.2, -0.15) is 0 Å². The molecule has 0 amide bonds. The van der Waals surface area contributed by atoms with Crippen LogP contribution in [0.25, 0.3) is 6.08 Å². The van der Waals surface area contributed by atoms with Gasteiger partial charge in [-0.15, -0.1) is 0 Å². The van der Waals surface area contributed by atoms with E-state index < -0.39 is 20.3 Å². The maximum atomic E-state index is 10.5. The number of aliphatic hydroxyl groups excluding tert-OH is 2. The van der Waals surface area contributed by atoms with E-state index in [0.717, 1.165) is 27.5 Å². The second kappa shape index (κ2) is 9.38. The molecule has 0 radical (unpaired) electrons. The number of aliphatic hydroxyl groups is 2. The standard InChI is InChI=1S/C25H28O3Si/c1-29(2,3)22(15-10-16-28-18-20-13-8-5-9-14-20)23-21(24(26)25(23)27)17-19-11-6-4-7-12-19/h4-9,11-14,17,24-27H,16,18H2,1-3H3/b21-17-,23-22-/t24-,25+/m1/s1. The molecule has 3 nitrogen and oxygen atoms in total. The van der Waals surface area contributed by atoms with Gasteiger partial charge >= 0.3 is 0 Å². The smallest absolute Gasteiger partial charge is 0.110 e. The summed E-state index contributed by atoms with van der Waals surface area (Å²) in [5.41, 5.74) is 3.67. The van der Waals surface area contributed by atoms with Crippen molar-refractivity contribution >= 4 is 14.1 Å². The van der Waals surface area contributed by atoms with E-state index in [1.54, 1.807) is 0 Å². The fraction of sp³-hybridized carbons (Fsp3) is 0.280. The van der Waals surface area contributed by atoms with Crippen molar-refractivity contribution in [2.75, 3.05) is 6.61 Å². The first-order valence-corrected chi connectivity index (χ1v) is 13.4. The molecule has 2 N–H and O–H groups in total. The molecule has 0 spiro atoms. The Kier molecular flexibility index (Phi) is 6.89. The summed E-state index contributed by atoms with van der Waals surface area (Å²) in [6, 6.07) is 19.9. The molecule has 0 saturated heterocycles. The van der Waals surface area contributed by atoms with E-state index in [4.69, 9.17) is 4.74 Å². The third kappa shape index (κ3) is 5.34. The van der Waals surface area contributed by atoms with Gasteiger partial charge in [-0.05, 0) is 33.5 Å². The van der Waals surface area contributed by atoms with Crippen LogP contribution in [0.4, 0.5) is 0 Å². The van der Waals surface area contributed by atoms with Crippen LogP contribution in [0.15, 0.2) is 77.0 Å². The van der Waals surface area contributed by atoms with Gasteiger partial charge in [-0.1, -0.05) is 92.1 Å². The van der Waals surface area contributed by atoms with Crippen LogP contribution in [0.1, 0.15) is 11.1 Å². The van der Waals surface area contributed by atoms with E-state index in [0.29, 0.717) is 13.2 Å². The Labute approximate surface area is 174 Å². The van der Waals surface area contributed by atoms with Crippen molar-refractivity contribution in [1.29, 1.82) is 0 Å². The van der Waals surface area contributed by atoms with Crippen LogP contribution in [-0.2, 0) is 11.3 Å². The summed E-state index contributed by atoms with van der Waals surface area (Å²) in [7, 11) is -1.84. The molecule has 0 aliphatic heterocycles. The molecule has 2 aromatic carbocycles. The minimum Gasteiger partial charge on any atom is -0.385 e. The number of benzene rings is 2. The van der Waals surface area contributed by atoms with E-state index in [-0.39, 0.29) is 0 Å². The fourth-order valence-electron chi connectivity index (χ4n) is 3.32. The number of hydrogen-bond donors (Lipinski definition) is 2. The number of ether oxygens (including phenoxy) is 1. The first-order valence-electron chi connectivity index (χ1n) is 9.86. The van der Waals surface area contributed by atoms with Crippen molar-refractivity contribution in [3.63, 3.8) is 0 Å². The highest BCUT2D eigenvalue weighted by atomic mass is 28.3. The third-order valence-corrected chi connectivity index (χ3v) is 6.76. The van der Waals surface area contributed by atoms with E-state index >= 15 is 0 Å². The molecular weight excluding hydrogens is 376 g/mol. The molecule has 1 saturated carbocycles. The van der Waals surface area contributed by atoms with Crippen molar-refractivity contribution in [3.05, 3.63) is 88.1 Å². The molecule has 1 aliphatic rings. The van der Waals surface area contributed by atoms with Crippen molar-refractivity contribution in [3.8, 4) is 11.8 Å². The molecule has 1 fully saturated rings. The Hall–Kier alpha value is -2.42. The third-order valence-electron chi connectivity index (χ3n) is 4.86. The molecule has 150 valence electrons. The SMILES string of the molecule is C[Si](C)(C)/C(C#CCOCc1ccccc1)=C1/C(=C/c2ccccc2)[C@@H](O)[C@H]1O. The van der Waals surface area contributed by atoms with Crippen molar-refractivity contribution in [1.82, 2.24) is 0 Å². The largest absolute Gasteiger partial charge is 0.385 e. The Morgan fingerprint density at radius 1 is 0.966 bits per heavy atom. The molecule has 4 heteroatoms. The van der Waals surface area contributed by atoms with Gasteiger partial charge in [-0.3, -0.25) is 0 Å². The number of rotatable bonds is 5. The number of allylic oxidation sites excluding steroid dienone is 1. The van der Waals surface area contributed by atoms with Crippen LogP contribution in [0, 0.1) is 11.8 Å². The lowest BCUT2D eigenvalue weighted by molar-refractivity contribution is 0.0354. The summed E-state index contributed by atoms with van der Waals surface area (Å²) in [4.78, 5) is 0. The molecule has 2 aromatic rings. The summed E-state index contributed by atoms with van der Waals surface area (Å²) >= 11 is 0.